The lowest BCUT2D eigenvalue weighted by Crippen LogP contribution is -2.13. The summed E-state index contributed by atoms with van der Waals surface area (Å²) in [6.45, 7) is 0.770. The molecule has 0 fully saturated rings. The number of carbonyl (C=O) groups is 1. The number of halogens is 1. The molecule has 1 N–H and O–H groups in total. The second-order valence-electron chi connectivity index (χ2n) is 7.80. The summed E-state index contributed by atoms with van der Waals surface area (Å²) in [4.78, 5) is 23.0. The Kier molecular flexibility index (Phi) is 6.17. The maximum atomic E-state index is 12.8. The average molecular weight is 490 g/mol. The van der Waals surface area contributed by atoms with Crippen molar-refractivity contribution in [1.29, 1.82) is 0 Å². The molecule has 3 aromatic rings. The van der Waals surface area contributed by atoms with E-state index in [2.05, 4.69) is 15.5 Å². The molecule has 0 unspecified atom stereocenters. The van der Waals surface area contributed by atoms with Crippen LogP contribution in [-0.2, 0) is 22.8 Å². The van der Waals surface area contributed by atoms with Crippen LogP contribution in [0.4, 0.5) is 11.4 Å². The van der Waals surface area contributed by atoms with Crippen LogP contribution in [0.3, 0.4) is 0 Å². The SMILES string of the molecule is CS(=O)(=O)c1cc(C(=O)Nc2ccc(Cl)c(-c3nnc4n3CCCCC4)c2)cc([N+](=O)[O-])c1. The quantitative estimate of drug-likeness (QED) is 0.424. The van der Waals surface area contributed by atoms with Crippen molar-refractivity contribution in [3.63, 3.8) is 0 Å². The number of amides is 1. The van der Waals surface area contributed by atoms with Crippen LogP contribution in [0.1, 0.15) is 35.4 Å². The molecule has 4 rings (SSSR count). The molecule has 2 aromatic carbocycles. The molecule has 33 heavy (non-hydrogen) atoms. The number of hydrogen-bond donors (Lipinski definition) is 1. The summed E-state index contributed by atoms with van der Waals surface area (Å²) in [6, 6.07) is 7.89. The Labute approximate surface area is 194 Å². The van der Waals surface area contributed by atoms with Gasteiger partial charge in [-0.25, -0.2) is 8.42 Å². The Bertz CT molecular complexity index is 1370. The third-order valence-electron chi connectivity index (χ3n) is 5.37. The van der Waals surface area contributed by atoms with E-state index in [1.54, 1.807) is 18.2 Å². The van der Waals surface area contributed by atoms with Crippen LogP contribution in [0, 0.1) is 10.1 Å². The molecule has 1 aromatic heterocycles. The summed E-state index contributed by atoms with van der Waals surface area (Å²) in [5.41, 5.74) is 0.312. The van der Waals surface area contributed by atoms with Gasteiger partial charge in [-0.2, -0.15) is 0 Å². The van der Waals surface area contributed by atoms with Crippen molar-refractivity contribution >= 4 is 38.7 Å². The number of sulfone groups is 1. The Balaban J connectivity index is 1.68. The van der Waals surface area contributed by atoms with Crippen LogP contribution in [0.2, 0.25) is 5.02 Å². The largest absolute Gasteiger partial charge is 0.322 e. The van der Waals surface area contributed by atoms with E-state index < -0.39 is 26.4 Å². The molecule has 1 amide bonds. The fourth-order valence-corrected chi connectivity index (χ4v) is 4.57. The van der Waals surface area contributed by atoms with Crippen molar-refractivity contribution in [1.82, 2.24) is 14.8 Å². The number of rotatable bonds is 5. The van der Waals surface area contributed by atoms with Gasteiger partial charge in [-0.15, -0.1) is 10.2 Å². The molecule has 1 aliphatic heterocycles. The molecular weight excluding hydrogens is 470 g/mol. The van der Waals surface area contributed by atoms with Crippen molar-refractivity contribution in [2.45, 2.75) is 37.1 Å². The molecule has 0 atom stereocenters. The predicted molar refractivity (Wildman–Crippen MR) is 122 cm³/mol. The van der Waals surface area contributed by atoms with Gasteiger partial charge in [-0.3, -0.25) is 14.9 Å². The molecule has 0 bridgehead atoms. The standard InChI is InChI=1S/C21H20ClN5O5S/c1-33(31,32)16-10-13(9-15(12-16)27(29)30)21(28)23-14-6-7-18(22)17(11-14)20-25-24-19-5-3-2-4-8-26(19)20/h6-7,9-12H,2-5,8H2,1H3,(H,23,28). The number of aryl methyl sites for hydroxylation is 1. The van der Waals surface area contributed by atoms with Crippen molar-refractivity contribution in [2.75, 3.05) is 11.6 Å². The van der Waals surface area contributed by atoms with Gasteiger partial charge < -0.3 is 9.88 Å². The number of anilines is 1. The van der Waals surface area contributed by atoms with Crippen molar-refractivity contribution in [2.24, 2.45) is 0 Å². The molecule has 0 aliphatic carbocycles. The van der Waals surface area contributed by atoms with Gasteiger partial charge in [0.05, 0.1) is 14.8 Å². The highest BCUT2D eigenvalue weighted by atomic mass is 35.5. The zero-order chi connectivity index (χ0) is 23.8. The zero-order valence-electron chi connectivity index (χ0n) is 17.6. The molecule has 12 heteroatoms. The Morgan fingerprint density at radius 2 is 1.94 bits per heavy atom. The predicted octanol–water partition coefficient (Wildman–Crippen LogP) is 3.89. The third-order valence-corrected chi connectivity index (χ3v) is 6.79. The Morgan fingerprint density at radius 3 is 2.67 bits per heavy atom. The van der Waals surface area contributed by atoms with Crippen LogP contribution >= 0.6 is 11.6 Å². The smallest absolute Gasteiger partial charge is 0.271 e. The number of benzene rings is 2. The van der Waals surface area contributed by atoms with E-state index in [9.17, 15) is 23.3 Å². The first-order valence-electron chi connectivity index (χ1n) is 10.2. The number of nitrogens with zero attached hydrogens (tertiary/aromatic N) is 4. The average Bonchev–Trinajstić information content (AvgIpc) is 3.01. The molecule has 0 radical (unpaired) electrons. The molecule has 172 valence electrons. The van der Waals surface area contributed by atoms with Gasteiger partial charge in [0.15, 0.2) is 15.7 Å². The minimum Gasteiger partial charge on any atom is -0.322 e. The molecule has 0 saturated heterocycles. The molecule has 2 heterocycles. The number of nitrogens with one attached hydrogen (secondary N) is 1. The summed E-state index contributed by atoms with van der Waals surface area (Å²) < 4.78 is 25.9. The minimum atomic E-state index is -3.76. The van der Waals surface area contributed by atoms with Crippen molar-refractivity contribution in [3.05, 3.63) is 62.9 Å². The highest BCUT2D eigenvalue weighted by molar-refractivity contribution is 7.90. The van der Waals surface area contributed by atoms with E-state index in [0.29, 0.717) is 22.1 Å². The van der Waals surface area contributed by atoms with Gasteiger partial charge in [0, 0.05) is 48.2 Å². The van der Waals surface area contributed by atoms with Crippen LogP contribution in [0.25, 0.3) is 11.4 Å². The lowest BCUT2D eigenvalue weighted by molar-refractivity contribution is -0.385. The Hall–Kier alpha value is -3.31. The monoisotopic (exact) mass is 489 g/mol. The molecule has 1 aliphatic rings. The number of aromatic nitrogens is 3. The van der Waals surface area contributed by atoms with Crippen molar-refractivity contribution < 1.29 is 18.1 Å². The van der Waals surface area contributed by atoms with Crippen LogP contribution in [0.15, 0.2) is 41.3 Å². The number of fused-ring (bicyclic) bond motifs is 1. The van der Waals surface area contributed by atoms with E-state index >= 15 is 0 Å². The fraction of sp³-hybridized carbons (Fsp3) is 0.286. The second kappa shape index (κ2) is 8.91. The maximum absolute atomic E-state index is 12.8. The molecule has 0 spiro atoms. The lowest BCUT2D eigenvalue weighted by atomic mass is 10.1. The first kappa shape index (κ1) is 22.9. The van der Waals surface area contributed by atoms with Gasteiger partial charge >= 0.3 is 0 Å². The minimum absolute atomic E-state index is 0.155. The number of nitro benzene ring substituents is 1. The lowest BCUT2D eigenvalue weighted by Gasteiger charge is -2.11. The summed E-state index contributed by atoms with van der Waals surface area (Å²) in [5.74, 6) is 0.789. The second-order valence-corrected chi connectivity index (χ2v) is 10.2. The summed E-state index contributed by atoms with van der Waals surface area (Å²) in [6.07, 6.45) is 4.89. The number of hydrogen-bond acceptors (Lipinski definition) is 7. The first-order valence-corrected chi connectivity index (χ1v) is 12.4. The van der Waals surface area contributed by atoms with Gasteiger partial charge in [0.1, 0.15) is 5.82 Å². The van der Waals surface area contributed by atoms with Gasteiger partial charge in [0.25, 0.3) is 11.6 Å². The van der Waals surface area contributed by atoms with Crippen LogP contribution in [0.5, 0.6) is 0 Å². The highest BCUT2D eigenvalue weighted by Crippen LogP contribution is 2.31. The maximum Gasteiger partial charge on any atom is 0.271 e. The normalized spacial score (nSPS) is 13.8. The van der Waals surface area contributed by atoms with E-state index in [1.807, 2.05) is 4.57 Å². The van der Waals surface area contributed by atoms with E-state index in [0.717, 1.165) is 62.5 Å². The third kappa shape index (κ3) is 4.88. The number of carbonyl (C=O) groups excluding carboxylic acids is 1. The summed E-state index contributed by atoms with van der Waals surface area (Å²) in [5, 5.41) is 22.9. The topological polar surface area (TPSA) is 137 Å². The van der Waals surface area contributed by atoms with E-state index in [1.165, 1.54) is 0 Å². The fourth-order valence-electron chi connectivity index (χ4n) is 3.70. The van der Waals surface area contributed by atoms with E-state index in [-0.39, 0.29) is 10.5 Å². The number of nitro groups is 1. The summed E-state index contributed by atoms with van der Waals surface area (Å²) >= 11 is 6.42. The highest BCUT2D eigenvalue weighted by Gasteiger charge is 2.21. The van der Waals surface area contributed by atoms with Gasteiger partial charge in [-0.05, 0) is 37.1 Å². The van der Waals surface area contributed by atoms with Crippen LogP contribution < -0.4 is 5.32 Å². The van der Waals surface area contributed by atoms with Gasteiger partial charge in [0.2, 0.25) is 0 Å². The first-order chi connectivity index (χ1) is 15.6. The number of non-ortho nitro benzene ring substituents is 1. The van der Waals surface area contributed by atoms with Crippen LogP contribution in [-0.4, -0.2) is 40.3 Å². The molecule has 10 nitrogen and oxygen atoms in total. The molecule has 0 saturated carbocycles. The van der Waals surface area contributed by atoms with E-state index in [4.69, 9.17) is 11.6 Å². The van der Waals surface area contributed by atoms with Gasteiger partial charge in [-0.1, -0.05) is 18.0 Å². The Morgan fingerprint density at radius 1 is 1.15 bits per heavy atom. The molecular formula is C21H20ClN5O5S. The summed E-state index contributed by atoms with van der Waals surface area (Å²) in [7, 11) is -3.76. The van der Waals surface area contributed by atoms with Crippen molar-refractivity contribution in [3.8, 4) is 11.4 Å². The zero-order valence-corrected chi connectivity index (χ0v) is 19.2.